The van der Waals surface area contributed by atoms with E-state index in [2.05, 4.69) is 45.9 Å². The molecule has 4 nitrogen and oxygen atoms in total. The number of fused-ring (bicyclic) bond motifs is 1. The Morgan fingerprint density at radius 1 is 1.16 bits per heavy atom. The van der Waals surface area contributed by atoms with Gasteiger partial charge in [-0.2, -0.15) is 5.10 Å². The molecule has 1 aliphatic rings. The van der Waals surface area contributed by atoms with Crippen molar-refractivity contribution in [3.63, 3.8) is 0 Å². The van der Waals surface area contributed by atoms with Crippen molar-refractivity contribution in [3.05, 3.63) is 71.7 Å². The minimum atomic E-state index is 0.617. The lowest BCUT2D eigenvalue weighted by Gasteiger charge is -2.25. The zero-order chi connectivity index (χ0) is 17.1. The first-order chi connectivity index (χ1) is 12.3. The molecule has 2 heterocycles. The van der Waals surface area contributed by atoms with Crippen molar-refractivity contribution < 1.29 is 0 Å². The normalized spacial score (nSPS) is 16.6. The standard InChI is InChI=1S/C21H24N4/c1-25-15-19(21(24-25)17-9-11-22-12-10-17)14-23-13-18-7-4-6-16-5-2-3-8-20(16)18/h2-3,5,8-12,15,18,23H,4,6-7,13-14H2,1H3/t18-/m0/s1. The molecule has 0 radical (unpaired) electrons. The van der Waals surface area contributed by atoms with E-state index in [0.717, 1.165) is 24.3 Å². The van der Waals surface area contributed by atoms with Crippen LogP contribution < -0.4 is 5.32 Å². The van der Waals surface area contributed by atoms with Crippen LogP contribution in [0.3, 0.4) is 0 Å². The highest BCUT2D eigenvalue weighted by molar-refractivity contribution is 5.61. The Kier molecular flexibility index (Phi) is 4.61. The lowest BCUT2D eigenvalue weighted by molar-refractivity contribution is 0.507. The number of hydrogen-bond donors (Lipinski definition) is 1. The van der Waals surface area contributed by atoms with Gasteiger partial charge in [-0.15, -0.1) is 0 Å². The van der Waals surface area contributed by atoms with E-state index in [1.54, 1.807) is 0 Å². The van der Waals surface area contributed by atoms with Crippen molar-refractivity contribution in [2.45, 2.75) is 31.7 Å². The van der Waals surface area contributed by atoms with Crippen molar-refractivity contribution in [2.24, 2.45) is 7.05 Å². The average Bonchev–Trinajstić information content (AvgIpc) is 3.03. The van der Waals surface area contributed by atoms with Gasteiger partial charge in [-0.1, -0.05) is 24.3 Å². The second-order valence-electron chi connectivity index (χ2n) is 6.83. The van der Waals surface area contributed by atoms with E-state index in [0.29, 0.717) is 5.92 Å². The molecule has 1 atom stereocenters. The smallest absolute Gasteiger partial charge is 0.0969 e. The Bertz CT molecular complexity index is 838. The number of nitrogens with one attached hydrogen (secondary N) is 1. The molecule has 0 amide bonds. The average molecular weight is 332 g/mol. The molecule has 0 fully saturated rings. The van der Waals surface area contributed by atoms with Crippen LogP contribution in [0.2, 0.25) is 0 Å². The topological polar surface area (TPSA) is 42.7 Å². The molecule has 0 spiro atoms. The number of benzene rings is 1. The molecule has 0 aliphatic heterocycles. The molecule has 0 bridgehead atoms. The Morgan fingerprint density at radius 2 is 2.00 bits per heavy atom. The van der Waals surface area contributed by atoms with Crippen molar-refractivity contribution in [1.82, 2.24) is 20.1 Å². The van der Waals surface area contributed by atoms with Crippen molar-refractivity contribution in [1.29, 1.82) is 0 Å². The predicted molar refractivity (Wildman–Crippen MR) is 100 cm³/mol. The SMILES string of the molecule is Cn1cc(CNC[C@@H]2CCCc3ccccc32)c(-c2ccncc2)n1. The minimum Gasteiger partial charge on any atom is -0.312 e. The molecule has 1 aromatic carbocycles. The zero-order valence-corrected chi connectivity index (χ0v) is 14.7. The maximum atomic E-state index is 4.63. The molecule has 25 heavy (non-hydrogen) atoms. The fourth-order valence-electron chi connectivity index (χ4n) is 3.87. The van der Waals surface area contributed by atoms with Crippen molar-refractivity contribution >= 4 is 0 Å². The lowest BCUT2D eigenvalue weighted by Crippen LogP contribution is -2.24. The van der Waals surface area contributed by atoms with Gasteiger partial charge in [0, 0.05) is 49.9 Å². The van der Waals surface area contributed by atoms with E-state index in [9.17, 15) is 0 Å². The molecular weight excluding hydrogens is 308 g/mol. The van der Waals surface area contributed by atoms with Crippen molar-refractivity contribution in [3.8, 4) is 11.3 Å². The summed E-state index contributed by atoms with van der Waals surface area (Å²) in [7, 11) is 1.98. The first kappa shape index (κ1) is 16.0. The van der Waals surface area contributed by atoms with Crippen LogP contribution in [-0.2, 0) is 20.0 Å². The highest BCUT2D eigenvalue weighted by atomic mass is 15.3. The third-order valence-electron chi connectivity index (χ3n) is 5.06. The van der Waals surface area contributed by atoms with E-state index >= 15 is 0 Å². The van der Waals surface area contributed by atoms with Crippen LogP contribution in [-0.4, -0.2) is 21.3 Å². The number of aromatic nitrogens is 3. The lowest BCUT2D eigenvalue weighted by atomic mass is 9.83. The largest absolute Gasteiger partial charge is 0.312 e. The van der Waals surface area contributed by atoms with Crippen LogP contribution >= 0.6 is 0 Å². The van der Waals surface area contributed by atoms with Gasteiger partial charge in [0.2, 0.25) is 0 Å². The van der Waals surface area contributed by atoms with E-state index < -0.39 is 0 Å². The van der Waals surface area contributed by atoms with Gasteiger partial charge in [-0.3, -0.25) is 9.67 Å². The van der Waals surface area contributed by atoms with Gasteiger partial charge in [-0.25, -0.2) is 0 Å². The molecular formula is C21H24N4. The predicted octanol–water partition coefficient (Wildman–Crippen LogP) is 3.69. The summed E-state index contributed by atoms with van der Waals surface area (Å²) in [5.74, 6) is 0.617. The molecule has 0 saturated heterocycles. The molecule has 128 valence electrons. The molecule has 0 saturated carbocycles. The van der Waals surface area contributed by atoms with E-state index in [-0.39, 0.29) is 0 Å². The highest BCUT2D eigenvalue weighted by Gasteiger charge is 2.19. The Morgan fingerprint density at radius 3 is 2.88 bits per heavy atom. The molecule has 0 unspecified atom stereocenters. The fraction of sp³-hybridized carbons (Fsp3) is 0.333. The van der Waals surface area contributed by atoms with E-state index in [4.69, 9.17) is 0 Å². The highest BCUT2D eigenvalue weighted by Crippen LogP contribution is 2.31. The number of nitrogens with zero attached hydrogens (tertiary/aromatic N) is 3. The Labute approximate surface area is 148 Å². The van der Waals surface area contributed by atoms with Gasteiger partial charge < -0.3 is 5.32 Å². The van der Waals surface area contributed by atoms with Crippen LogP contribution in [0.15, 0.2) is 55.0 Å². The number of hydrogen-bond acceptors (Lipinski definition) is 3. The molecule has 4 heteroatoms. The first-order valence-electron chi connectivity index (χ1n) is 9.02. The zero-order valence-electron chi connectivity index (χ0n) is 14.7. The van der Waals surface area contributed by atoms with Crippen LogP contribution in [0, 0.1) is 0 Å². The molecule has 1 N–H and O–H groups in total. The van der Waals surface area contributed by atoms with Crippen LogP contribution in [0.1, 0.15) is 35.4 Å². The molecule has 3 aromatic rings. The van der Waals surface area contributed by atoms with Gasteiger partial charge in [0.1, 0.15) is 0 Å². The van der Waals surface area contributed by atoms with Crippen LogP contribution in [0.4, 0.5) is 0 Å². The number of rotatable bonds is 5. The van der Waals surface area contributed by atoms with Gasteiger partial charge >= 0.3 is 0 Å². The Hall–Kier alpha value is -2.46. The molecule has 2 aromatic heterocycles. The van der Waals surface area contributed by atoms with E-state index in [1.807, 2.05) is 36.3 Å². The van der Waals surface area contributed by atoms with Gasteiger partial charge in [0.05, 0.1) is 5.69 Å². The fourth-order valence-corrected chi connectivity index (χ4v) is 3.87. The summed E-state index contributed by atoms with van der Waals surface area (Å²) < 4.78 is 1.89. The number of aryl methyl sites for hydroxylation is 2. The summed E-state index contributed by atoms with van der Waals surface area (Å²) in [5, 5.41) is 8.30. The summed E-state index contributed by atoms with van der Waals surface area (Å²) in [4.78, 5) is 4.10. The Balaban J connectivity index is 1.45. The molecule has 4 rings (SSSR count). The summed E-state index contributed by atoms with van der Waals surface area (Å²) in [5.41, 5.74) is 6.45. The summed E-state index contributed by atoms with van der Waals surface area (Å²) in [6.07, 6.45) is 9.53. The third kappa shape index (κ3) is 3.49. The quantitative estimate of drug-likeness (QED) is 0.775. The monoisotopic (exact) mass is 332 g/mol. The second kappa shape index (κ2) is 7.19. The molecule has 1 aliphatic carbocycles. The van der Waals surface area contributed by atoms with Crippen LogP contribution in [0.25, 0.3) is 11.3 Å². The van der Waals surface area contributed by atoms with Crippen molar-refractivity contribution in [2.75, 3.05) is 6.54 Å². The van der Waals surface area contributed by atoms with Gasteiger partial charge in [0.25, 0.3) is 0 Å². The van der Waals surface area contributed by atoms with Gasteiger partial charge in [-0.05, 0) is 48.4 Å². The van der Waals surface area contributed by atoms with E-state index in [1.165, 1.54) is 36.0 Å². The van der Waals surface area contributed by atoms with Gasteiger partial charge in [0.15, 0.2) is 0 Å². The second-order valence-corrected chi connectivity index (χ2v) is 6.83. The maximum absolute atomic E-state index is 4.63. The first-order valence-corrected chi connectivity index (χ1v) is 9.02. The third-order valence-corrected chi connectivity index (χ3v) is 5.06. The summed E-state index contributed by atoms with van der Waals surface area (Å²) >= 11 is 0. The number of pyridine rings is 1. The van der Waals surface area contributed by atoms with Crippen LogP contribution in [0.5, 0.6) is 0 Å². The minimum absolute atomic E-state index is 0.617. The summed E-state index contributed by atoms with van der Waals surface area (Å²) in [6, 6.07) is 12.9. The maximum Gasteiger partial charge on any atom is 0.0969 e. The summed E-state index contributed by atoms with van der Waals surface area (Å²) in [6.45, 7) is 1.85.